The zero-order valence-corrected chi connectivity index (χ0v) is 11.0. The van der Waals surface area contributed by atoms with Gasteiger partial charge in [0.2, 0.25) is 0 Å². The molecule has 0 radical (unpaired) electrons. The average molecular weight is 262 g/mol. The highest BCUT2D eigenvalue weighted by Gasteiger charge is 2.12. The van der Waals surface area contributed by atoms with Gasteiger partial charge in [-0.15, -0.1) is 0 Å². The molecule has 1 unspecified atom stereocenters. The van der Waals surface area contributed by atoms with Crippen LogP contribution in [0, 0.1) is 18.6 Å². The molecular weight excluding hydrogens is 246 g/mol. The number of hydrogen-bond donors (Lipinski definition) is 1. The lowest BCUT2D eigenvalue weighted by atomic mass is 10.1. The van der Waals surface area contributed by atoms with Crippen molar-refractivity contribution < 1.29 is 8.78 Å². The summed E-state index contributed by atoms with van der Waals surface area (Å²) < 4.78 is 26.6. The van der Waals surface area contributed by atoms with Crippen molar-refractivity contribution in [2.24, 2.45) is 0 Å². The molecule has 4 heteroatoms. The van der Waals surface area contributed by atoms with E-state index >= 15 is 0 Å². The van der Waals surface area contributed by atoms with Gasteiger partial charge in [-0.1, -0.05) is 13.0 Å². The second-order valence-corrected chi connectivity index (χ2v) is 4.49. The number of nitrogens with zero attached hydrogens (tertiary/aromatic N) is 1. The first-order valence-corrected chi connectivity index (χ1v) is 6.24. The van der Waals surface area contributed by atoms with Crippen molar-refractivity contribution in [1.82, 2.24) is 4.98 Å². The van der Waals surface area contributed by atoms with Crippen LogP contribution in [-0.2, 0) is 0 Å². The van der Waals surface area contributed by atoms with Crippen molar-refractivity contribution in [2.75, 3.05) is 5.32 Å². The first kappa shape index (κ1) is 13.5. The number of benzene rings is 1. The lowest BCUT2D eigenvalue weighted by Crippen LogP contribution is -2.12. The van der Waals surface area contributed by atoms with Crippen molar-refractivity contribution >= 4 is 5.69 Å². The fraction of sp³-hybridized carbons (Fsp3) is 0.267. The first-order chi connectivity index (χ1) is 9.10. The molecule has 2 rings (SSSR count). The van der Waals surface area contributed by atoms with Crippen molar-refractivity contribution in [2.45, 2.75) is 26.3 Å². The molecule has 1 aromatic heterocycles. The monoisotopic (exact) mass is 262 g/mol. The van der Waals surface area contributed by atoms with E-state index in [1.165, 1.54) is 18.3 Å². The summed E-state index contributed by atoms with van der Waals surface area (Å²) in [5, 5.41) is 3.10. The molecule has 1 heterocycles. The third kappa shape index (κ3) is 3.28. The molecule has 19 heavy (non-hydrogen) atoms. The van der Waals surface area contributed by atoms with E-state index in [4.69, 9.17) is 0 Å². The molecule has 1 N–H and O–H groups in total. The van der Waals surface area contributed by atoms with Gasteiger partial charge in [0.1, 0.15) is 11.6 Å². The van der Waals surface area contributed by atoms with Crippen LogP contribution in [0.15, 0.2) is 36.5 Å². The van der Waals surface area contributed by atoms with E-state index in [0.717, 1.165) is 12.0 Å². The molecule has 0 aliphatic rings. The van der Waals surface area contributed by atoms with Gasteiger partial charge in [0, 0.05) is 0 Å². The zero-order valence-electron chi connectivity index (χ0n) is 11.0. The van der Waals surface area contributed by atoms with Gasteiger partial charge in [-0.2, -0.15) is 0 Å². The number of nitrogens with one attached hydrogen (secondary N) is 1. The molecule has 0 saturated heterocycles. The molecular formula is C15H16F2N2. The SMILES string of the molecule is CCC(Nc1ccc(C)cc1F)c1ccc(F)cn1. The molecule has 2 nitrogen and oxygen atoms in total. The van der Waals surface area contributed by atoms with E-state index in [1.807, 2.05) is 19.9 Å². The number of anilines is 1. The van der Waals surface area contributed by atoms with Gasteiger partial charge in [-0.3, -0.25) is 4.98 Å². The van der Waals surface area contributed by atoms with Gasteiger partial charge in [0.15, 0.2) is 0 Å². The summed E-state index contributed by atoms with van der Waals surface area (Å²) in [7, 11) is 0. The fourth-order valence-electron chi connectivity index (χ4n) is 1.90. The Bertz CT molecular complexity index is 553. The molecule has 0 bridgehead atoms. The van der Waals surface area contributed by atoms with Crippen LogP contribution in [-0.4, -0.2) is 4.98 Å². The topological polar surface area (TPSA) is 24.9 Å². The third-order valence-corrected chi connectivity index (χ3v) is 2.97. The van der Waals surface area contributed by atoms with Crippen LogP contribution in [0.4, 0.5) is 14.5 Å². The molecule has 0 saturated carbocycles. The Morgan fingerprint density at radius 3 is 2.58 bits per heavy atom. The van der Waals surface area contributed by atoms with Gasteiger partial charge >= 0.3 is 0 Å². The predicted molar refractivity (Wildman–Crippen MR) is 72.0 cm³/mol. The van der Waals surface area contributed by atoms with Crippen molar-refractivity contribution in [3.05, 3.63) is 59.4 Å². The summed E-state index contributed by atoms with van der Waals surface area (Å²) in [4.78, 5) is 4.03. The molecule has 0 spiro atoms. The van der Waals surface area contributed by atoms with E-state index in [1.54, 1.807) is 12.1 Å². The second kappa shape index (κ2) is 5.78. The highest BCUT2D eigenvalue weighted by Crippen LogP contribution is 2.23. The number of halogens is 2. The summed E-state index contributed by atoms with van der Waals surface area (Å²) in [6.07, 6.45) is 1.90. The number of aromatic nitrogens is 1. The normalized spacial score (nSPS) is 12.2. The van der Waals surface area contributed by atoms with Crippen LogP contribution in [0.2, 0.25) is 0 Å². The Morgan fingerprint density at radius 2 is 2.00 bits per heavy atom. The maximum absolute atomic E-state index is 13.8. The van der Waals surface area contributed by atoms with E-state index in [0.29, 0.717) is 11.4 Å². The maximum Gasteiger partial charge on any atom is 0.146 e. The number of aryl methyl sites for hydroxylation is 1. The van der Waals surface area contributed by atoms with Gasteiger partial charge in [0.25, 0.3) is 0 Å². The van der Waals surface area contributed by atoms with Crippen LogP contribution in [0.1, 0.15) is 30.6 Å². The highest BCUT2D eigenvalue weighted by molar-refractivity contribution is 5.47. The predicted octanol–water partition coefficient (Wildman–Crippen LogP) is 4.23. The second-order valence-electron chi connectivity index (χ2n) is 4.49. The molecule has 1 atom stereocenters. The van der Waals surface area contributed by atoms with Crippen LogP contribution in [0.3, 0.4) is 0 Å². The fourth-order valence-corrected chi connectivity index (χ4v) is 1.90. The molecule has 0 aliphatic heterocycles. The minimum Gasteiger partial charge on any atom is -0.374 e. The number of rotatable bonds is 4. The lowest BCUT2D eigenvalue weighted by molar-refractivity contribution is 0.609. The van der Waals surface area contributed by atoms with Crippen molar-refractivity contribution in [3.8, 4) is 0 Å². The summed E-state index contributed by atoms with van der Waals surface area (Å²) in [5.74, 6) is -0.666. The molecule has 100 valence electrons. The highest BCUT2D eigenvalue weighted by atomic mass is 19.1. The average Bonchev–Trinajstić information content (AvgIpc) is 2.39. The van der Waals surface area contributed by atoms with Crippen molar-refractivity contribution in [1.29, 1.82) is 0 Å². The van der Waals surface area contributed by atoms with Crippen LogP contribution in [0.25, 0.3) is 0 Å². The first-order valence-electron chi connectivity index (χ1n) is 6.24. The Hall–Kier alpha value is -1.97. The summed E-state index contributed by atoms with van der Waals surface area (Å²) >= 11 is 0. The summed E-state index contributed by atoms with van der Waals surface area (Å²) in [5.41, 5.74) is 2.00. The summed E-state index contributed by atoms with van der Waals surface area (Å²) in [6, 6.07) is 7.86. The Morgan fingerprint density at radius 1 is 1.21 bits per heavy atom. The minimum atomic E-state index is -0.375. The molecule has 0 fully saturated rings. The van der Waals surface area contributed by atoms with E-state index in [-0.39, 0.29) is 17.7 Å². The van der Waals surface area contributed by atoms with Gasteiger partial charge < -0.3 is 5.32 Å². The van der Waals surface area contributed by atoms with E-state index < -0.39 is 0 Å². The van der Waals surface area contributed by atoms with Crippen LogP contribution in [0.5, 0.6) is 0 Å². The number of hydrogen-bond acceptors (Lipinski definition) is 2. The minimum absolute atomic E-state index is 0.141. The van der Waals surface area contributed by atoms with E-state index in [2.05, 4.69) is 10.3 Å². The Kier molecular flexibility index (Phi) is 4.10. The van der Waals surface area contributed by atoms with Gasteiger partial charge in [-0.05, 0) is 43.2 Å². The van der Waals surface area contributed by atoms with Crippen molar-refractivity contribution in [3.63, 3.8) is 0 Å². The Balaban J connectivity index is 2.21. The van der Waals surface area contributed by atoms with E-state index in [9.17, 15) is 8.78 Å². The van der Waals surface area contributed by atoms with Crippen LogP contribution < -0.4 is 5.32 Å². The van der Waals surface area contributed by atoms with Gasteiger partial charge in [0.05, 0.1) is 23.6 Å². The molecule has 0 amide bonds. The molecule has 2 aromatic rings. The third-order valence-electron chi connectivity index (χ3n) is 2.97. The summed E-state index contributed by atoms with van der Waals surface area (Å²) in [6.45, 7) is 3.81. The number of pyridine rings is 1. The smallest absolute Gasteiger partial charge is 0.146 e. The lowest BCUT2D eigenvalue weighted by Gasteiger charge is -2.18. The molecule has 0 aliphatic carbocycles. The molecule has 1 aromatic carbocycles. The zero-order chi connectivity index (χ0) is 13.8. The quantitative estimate of drug-likeness (QED) is 0.891. The Labute approximate surface area is 111 Å². The standard InChI is InChI=1S/C15H16F2N2/c1-3-13(15-7-5-11(16)9-18-15)19-14-6-4-10(2)8-12(14)17/h4-9,13,19H,3H2,1-2H3. The van der Waals surface area contributed by atoms with Crippen LogP contribution >= 0.6 is 0 Å². The maximum atomic E-state index is 13.8. The van der Waals surface area contributed by atoms with Gasteiger partial charge in [-0.25, -0.2) is 8.78 Å². The largest absolute Gasteiger partial charge is 0.374 e.